The first-order valence-electron chi connectivity index (χ1n) is 4.61. The van der Waals surface area contributed by atoms with Crippen molar-refractivity contribution in [3.63, 3.8) is 0 Å². The van der Waals surface area contributed by atoms with Gasteiger partial charge in [-0.3, -0.25) is 8.75 Å². The van der Waals surface area contributed by atoms with Gasteiger partial charge in [0.1, 0.15) is 0 Å². The summed E-state index contributed by atoms with van der Waals surface area (Å²) in [6, 6.07) is 10.1. The number of hydrogen-bond acceptors (Lipinski definition) is 2. The van der Waals surface area contributed by atoms with Crippen molar-refractivity contribution in [3.05, 3.63) is 56.1 Å². The highest BCUT2D eigenvalue weighted by molar-refractivity contribution is 9.10. The molecule has 1 aromatic carbocycles. The van der Waals surface area contributed by atoms with Gasteiger partial charge in [0.15, 0.2) is 0 Å². The van der Waals surface area contributed by atoms with E-state index in [0.29, 0.717) is 4.47 Å². The smallest absolute Gasteiger partial charge is 0.267 e. The van der Waals surface area contributed by atoms with Crippen molar-refractivity contribution in [2.24, 2.45) is 0 Å². The van der Waals surface area contributed by atoms with Gasteiger partial charge in [0.2, 0.25) is 0 Å². The standard InChI is InChI=1S/C11H10BrNOS/c1-8(9-5-3-2-4-6-9)13-11(14)10(12)7-15-13/h2-8H,1H3. The Morgan fingerprint density at radius 1 is 1.33 bits per heavy atom. The Morgan fingerprint density at radius 2 is 2.00 bits per heavy atom. The summed E-state index contributed by atoms with van der Waals surface area (Å²) in [6.07, 6.45) is 0. The predicted molar refractivity (Wildman–Crippen MR) is 66.5 cm³/mol. The minimum Gasteiger partial charge on any atom is -0.267 e. The Labute approximate surface area is 100 Å². The SMILES string of the molecule is CC(c1ccccc1)n1scc(Br)c1=O. The summed E-state index contributed by atoms with van der Waals surface area (Å²) in [5.41, 5.74) is 1.19. The molecule has 0 spiro atoms. The first kappa shape index (κ1) is 10.6. The summed E-state index contributed by atoms with van der Waals surface area (Å²) in [4.78, 5) is 11.7. The van der Waals surface area contributed by atoms with Crippen LogP contribution in [0.2, 0.25) is 0 Å². The zero-order valence-electron chi connectivity index (χ0n) is 8.18. The molecule has 2 nitrogen and oxygen atoms in total. The second-order valence-electron chi connectivity index (χ2n) is 3.29. The summed E-state index contributed by atoms with van der Waals surface area (Å²) in [5, 5.41) is 1.82. The van der Waals surface area contributed by atoms with Crippen LogP contribution < -0.4 is 5.56 Å². The molecule has 0 bridgehead atoms. The van der Waals surface area contributed by atoms with Gasteiger partial charge in [-0.2, -0.15) is 0 Å². The molecule has 0 N–H and O–H groups in total. The lowest BCUT2D eigenvalue weighted by molar-refractivity contribution is 0.673. The molecule has 1 heterocycles. The number of halogens is 1. The normalized spacial score (nSPS) is 12.7. The van der Waals surface area contributed by atoms with Crippen LogP contribution in [-0.2, 0) is 0 Å². The quantitative estimate of drug-likeness (QED) is 0.829. The molecule has 2 aromatic rings. The van der Waals surface area contributed by atoms with Crippen molar-refractivity contribution in [2.75, 3.05) is 0 Å². The van der Waals surface area contributed by atoms with Gasteiger partial charge >= 0.3 is 0 Å². The topological polar surface area (TPSA) is 22.0 Å². The van der Waals surface area contributed by atoms with Crippen molar-refractivity contribution in [3.8, 4) is 0 Å². The van der Waals surface area contributed by atoms with E-state index >= 15 is 0 Å². The molecular formula is C11H10BrNOS. The van der Waals surface area contributed by atoms with E-state index in [-0.39, 0.29) is 11.6 Å². The monoisotopic (exact) mass is 283 g/mol. The van der Waals surface area contributed by atoms with E-state index in [1.54, 1.807) is 3.96 Å². The zero-order chi connectivity index (χ0) is 10.8. The third-order valence-corrected chi connectivity index (χ3v) is 4.23. The van der Waals surface area contributed by atoms with Gasteiger partial charge in [0.05, 0.1) is 10.5 Å². The third-order valence-electron chi connectivity index (χ3n) is 2.31. The fourth-order valence-electron chi connectivity index (χ4n) is 1.44. The van der Waals surface area contributed by atoms with E-state index in [1.165, 1.54) is 11.5 Å². The zero-order valence-corrected chi connectivity index (χ0v) is 10.6. The van der Waals surface area contributed by atoms with Crippen molar-refractivity contribution in [1.29, 1.82) is 0 Å². The molecule has 0 amide bonds. The van der Waals surface area contributed by atoms with Gasteiger partial charge in [0.25, 0.3) is 5.56 Å². The molecule has 4 heteroatoms. The summed E-state index contributed by atoms with van der Waals surface area (Å²) >= 11 is 4.67. The Kier molecular flexibility index (Phi) is 3.07. The van der Waals surface area contributed by atoms with Crippen LogP contribution in [0.3, 0.4) is 0 Å². The van der Waals surface area contributed by atoms with Crippen LogP contribution in [0.15, 0.2) is 45.0 Å². The minimum absolute atomic E-state index is 0.0383. The molecule has 15 heavy (non-hydrogen) atoms. The van der Waals surface area contributed by atoms with Gasteiger partial charge in [-0.05, 0) is 28.4 Å². The van der Waals surface area contributed by atoms with E-state index in [0.717, 1.165) is 5.56 Å². The molecule has 0 aliphatic heterocycles. The number of rotatable bonds is 2. The first-order valence-corrected chi connectivity index (χ1v) is 6.24. The molecule has 1 aromatic heterocycles. The third kappa shape index (κ3) is 2.06. The maximum atomic E-state index is 11.7. The molecule has 0 fully saturated rings. The first-order chi connectivity index (χ1) is 7.20. The van der Waals surface area contributed by atoms with Crippen LogP contribution in [0.1, 0.15) is 18.5 Å². The molecular weight excluding hydrogens is 274 g/mol. The van der Waals surface area contributed by atoms with Gasteiger partial charge < -0.3 is 0 Å². The summed E-state index contributed by atoms with van der Waals surface area (Å²) in [6.45, 7) is 2.03. The van der Waals surface area contributed by atoms with Crippen LogP contribution in [0.4, 0.5) is 0 Å². The van der Waals surface area contributed by atoms with Crippen molar-refractivity contribution in [1.82, 2.24) is 3.96 Å². The molecule has 0 radical (unpaired) electrons. The van der Waals surface area contributed by atoms with E-state index in [9.17, 15) is 4.79 Å². The van der Waals surface area contributed by atoms with Crippen LogP contribution >= 0.6 is 27.5 Å². The molecule has 0 aliphatic carbocycles. The highest BCUT2D eigenvalue weighted by atomic mass is 79.9. The highest BCUT2D eigenvalue weighted by Gasteiger charge is 2.12. The average Bonchev–Trinajstić information content (AvgIpc) is 2.60. The molecule has 2 rings (SSSR count). The number of aromatic nitrogens is 1. The average molecular weight is 284 g/mol. The molecule has 0 saturated carbocycles. The highest BCUT2D eigenvalue weighted by Crippen LogP contribution is 2.19. The minimum atomic E-state index is 0.0383. The molecule has 0 saturated heterocycles. The van der Waals surface area contributed by atoms with Crippen molar-refractivity contribution in [2.45, 2.75) is 13.0 Å². The largest absolute Gasteiger partial charge is 0.275 e. The van der Waals surface area contributed by atoms with E-state index in [4.69, 9.17) is 0 Å². The summed E-state index contributed by atoms with van der Waals surface area (Å²) in [5.74, 6) is 0. The Morgan fingerprint density at radius 3 is 2.53 bits per heavy atom. The van der Waals surface area contributed by atoms with Gasteiger partial charge in [-0.15, -0.1) is 0 Å². The predicted octanol–water partition coefficient (Wildman–Crippen LogP) is 3.28. The van der Waals surface area contributed by atoms with E-state index in [2.05, 4.69) is 15.9 Å². The van der Waals surface area contributed by atoms with Crippen LogP contribution in [0, 0.1) is 0 Å². The van der Waals surface area contributed by atoms with Gasteiger partial charge in [-0.1, -0.05) is 41.9 Å². The van der Waals surface area contributed by atoms with Crippen LogP contribution in [-0.4, -0.2) is 3.96 Å². The second-order valence-corrected chi connectivity index (χ2v) is 4.98. The van der Waals surface area contributed by atoms with Crippen LogP contribution in [0.25, 0.3) is 0 Å². The molecule has 1 atom stereocenters. The fourth-order valence-corrected chi connectivity index (χ4v) is 2.81. The number of benzene rings is 1. The van der Waals surface area contributed by atoms with Crippen molar-refractivity contribution >= 4 is 27.5 Å². The van der Waals surface area contributed by atoms with Gasteiger partial charge in [-0.25, -0.2) is 0 Å². The molecule has 78 valence electrons. The summed E-state index contributed by atoms with van der Waals surface area (Å²) < 4.78 is 2.40. The lowest BCUT2D eigenvalue weighted by Crippen LogP contribution is -2.18. The lowest BCUT2D eigenvalue weighted by Gasteiger charge is -2.11. The Hall–Kier alpha value is -0.870. The number of nitrogens with zero attached hydrogens (tertiary/aromatic N) is 1. The van der Waals surface area contributed by atoms with E-state index < -0.39 is 0 Å². The Balaban J connectivity index is 2.41. The maximum absolute atomic E-state index is 11.7. The van der Waals surface area contributed by atoms with Crippen molar-refractivity contribution < 1.29 is 0 Å². The maximum Gasteiger partial charge on any atom is 0.275 e. The molecule has 1 unspecified atom stereocenters. The Bertz CT molecular complexity index is 503. The van der Waals surface area contributed by atoms with E-state index in [1.807, 2.05) is 42.6 Å². The lowest BCUT2D eigenvalue weighted by atomic mass is 10.1. The summed E-state index contributed by atoms with van der Waals surface area (Å²) in [7, 11) is 0. The molecule has 0 aliphatic rings. The van der Waals surface area contributed by atoms with Crippen LogP contribution in [0.5, 0.6) is 0 Å². The fraction of sp³-hybridized carbons (Fsp3) is 0.182. The van der Waals surface area contributed by atoms with Gasteiger partial charge in [0, 0.05) is 5.38 Å². The number of hydrogen-bond donors (Lipinski definition) is 0. The second kappa shape index (κ2) is 4.33.